The molecule has 1 heterocycles. The quantitative estimate of drug-likeness (QED) is 0.750. The van der Waals surface area contributed by atoms with Crippen LogP contribution in [-0.2, 0) is 0 Å². The van der Waals surface area contributed by atoms with Gasteiger partial charge in [-0.25, -0.2) is 0 Å². The molecular formula is C22H22N2O3. The lowest BCUT2D eigenvalue weighted by Gasteiger charge is -2.36. The van der Waals surface area contributed by atoms with Crippen molar-refractivity contribution in [1.82, 2.24) is 10.2 Å². The Bertz CT molecular complexity index is 969. The van der Waals surface area contributed by atoms with Crippen molar-refractivity contribution in [1.29, 1.82) is 0 Å². The number of nitrogens with one attached hydrogen (secondary N) is 1. The van der Waals surface area contributed by atoms with Gasteiger partial charge in [-0.3, -0.25) is 4.79 Å². The number of aromatic hydroxyl groups is 1. The molecule has 2 N–H and O–H groups in total. The van der Waals surface area contributed by atoms with Crippen molar-refractivity contribution in [2.45, 2.75) is 6.04 Å². The Labute approximate surface area is 158 Å². The summed E-state index contributed by atoms with van der Waals surface area (Å²) in [5, 5.41) is 15.1. The number of carbonyl (C=O) groups is 1. The first-order valence-electron chi connectivity index (χ1n) is 9.05. The summed E-state index contributed by atoms with van der Waals surface area (Å²) in [5.74, 6) is 0.960. The fraction of sp³-hybridized carbons (Fsp3) is 0.227. The molecular weight excluding hydrogens is 340 g/mol. The van der Waals surface area contributed by atoms with Gasteiger partial charge in [0.25, 0.3) is 5.91 Å². The number of piperazine rings is 1. The molecule has 0 aromatic heterocycles. The number of ether oxygens (including phenoxy) is 1. The molecule has 0 radical (unpaired) electrons. The minimum atomic E-state index is -0.0442. The molecule has 5 heteroatoms. The van der Waals surface area contributed by atoms with E-state index < -0.39 is 0 Å². The standard InChI is InChI=1S/C22H22N2O3/c1-27-18-9-7-16(8-10-18)20-14-23-11-12-24(20)22(26)17-6-5-15-3-2-4-21(25)19(15)13-17/h2-10,13,20,23,25H,11-12,14H2,1H3. The van der Waals surface area contributed by atoms with Gasteiger partial charge in [-0.05, 0) is 41.3 Å². The summed E-state index contributed by atoms with van der Waals surface area (Å²) in [5.41, 5.74) is 1.66. The second-order valence-electron chi connectivity index (χ2n) is 6.70. The largest absolute Gasteiger partial charge is 0.507 e. The van der Waals surface area contributed by atoms with E-state index in [1.54, 1.807) is 25.3 Å². The van der Waals surface area contributed by atoms with Crippen LogP contribution < -0.4 is 10.1 Å². The molecule has 138 valence electrons. The van der Waals surface area contributed by atoms with E-state index in [-0.39, 0.29) is 17.7 Å². The normalized spacial score (nSPS) is 17.1. The Morgan fingerprint density at radius 3 is 2.74 bits per heavy atom. The van der Waals surface area contributed by atoms with Gasteiger partial charge in [0.15, 0.2) is 0 Å². The number of carbonyl (C=O) groups excluding carboxylic acids is 1. The molecule has 0 aliphatic carbocycles. The maximum absolute atomic E-state index is 13.3. The first-order chi connectivity index (χ1) is 13.2. The summed E-state index contributed by atoms with van der Waals surface area (Å²) < 4.78 is 5.23. The molecule has 27 heavy (non-hydrogen) atoms. The molecule has 0 bridgehead atoms. The molecule has 0 spiro atoms. The number of nitrogens with zero attached hydrogens (tertiary/aromatic N) is 1. The number of methoxy groups -OCH3 is 1. The van der Waals surface area contributed by atoms with Gasteiger partial charge >= 0.3 is 0 Å². The molecule has 1 saturated heterocycles. The number of amides is 1. The van der Waals surface area contributed by atoms with Crippen LogP contribution >= 0.6 is 0 Å². The van der Waals surface area contributed by atoms with E-state index in [1.165, 1.54) is 0 Å². The third-order valence-corrected chi connectivity index (χ3v) is 5.11. The number of phenols is 1. The molecule has 1 amide bonds. The van der Waals surface area contributed by atoms with Crippen LogP contribution in [0.15, 0.2) is 60.7 Å². The van der Waals surface area contributed by atoms with Crippen LogP contribution in [0.4, 0.5) is 0 Å². The van der Waals surface area contributed by atoms with Gasteiger partial charge in [-0.2, -0.15) is 0 Å². The van der Waals surface area contributed by atoms with E-state index in [1.807, 2.05) is 47.4 Å². The van der Waals surface area contributed by atoms with E-state index in [9.17, 15) is 9.90 Å². The third kappa shape index (κ3) is 3.34. The van der Waals surface area contributed by atoms with Crippen LogP contribution in [0, 0.1) is 0 Å². The molecule has 1 aliphatic heterocycles. The van der Waals surface area contributed by atoms with Crippen LogP contribution in [0.3, 0.4) is 0 Å². The predicted octanol–water partition coefficient (Wildman–Crippen LogP) is 3.34. The molecule has 4 rings (SSSR count). The lowest BCUT2D eigenvalue weighted by molar-refractivity contribution is 0.0634. The highest BCUT2D eigenvalue weighted by Gasteiger charge is 2.28. The van der Waals surface area contributed by atoms with E-state index in [4.69, 9.17) is 4.74 Å². The van der Waals surface area contributed by atoms with Crippen molar-refractivity contribution in [3.8, 4) is 11.5 Å². The maximum Gasteiger partial charge on any atom is 0.254 e. The van der Waals surface area contributed by atoms with Crippen molar-refractivity contribution in [2.75, 3.05) is 26.7 Å². The number of rotatable bonds is 3. The molecule has 5 nitrogen and oxygen atoms in total. The number of phenolic OH excluding ortho intramolecular Hbond substituents is 1. The summed E-state index contributed by atoms with van der Waals surface area (Å²) in [4.78, 5) is 15.2. The van der Waals surface area contributed by atoms with E-state index in [0.717, 1.165) is 23.2 Å². The lowest BCUT2D eigenvalue weighted by Crippen LogP contribution is -2.48. The molecule has 1 aliphatic rings. The monoisotopic (exact) mass is 362 g/mol. The Morgan fingerprint density at radius 2 is 1.96 bits per heavy atom. The average molecular weight is 362 g/mol. The van der Waals surface area contributed by atoms with Gasteiger partial charge in [-0.1, -0.05) is 30.3 Å². The van der Waals surface area contributed by atoms with Crippen molar-refractivity contribution in [3.63, 3.8) is 0 Å². The molecule has 0 saturated carbocycles. The van der Waals surface area contributed by atoms with Crippen molar-refractivity contribution >= 4 is 16.7 Å². The number of hydrogen-bond acceptors (Lipinski definition) is 4. The van der Waals surface area contributed by atoms with E-state index in [2.05, 4.69) is 5.32 Å². The van der Waals surface area contributed by atoms with Crippen molar-refractivity contribution < 1.29 is 14.6 Å². The Balaban J connectivity index is 1.66. The van der Waals surface area contributed by atoms with E-state index >= 15 is 0 Å². The second-order valence-corrected chi connectivity index (χ2v) is 6.70. The van der Waals surface area contributed by atoms with Crippen molar-refractivity contribution in [3.05, 3.63) is 71.8 Å². The predicted molar refractivity (Wildman–Crippen MR) is 105 cm³/mol. The topological polar surface area (TPSA) is 61.8 Å². The number of fused-ring (bicyclic) bond motifs is 1. The maximum atomic E-state index is 13.3. The smallest absolute Gasteiger partial charge is 0.254 e. The molecule has 3 aromatic rings. The summed E-state index contributed by atoms with van der Waals surface area (Å²) in [7, 11) is 1.64. The highest BCUT2D eigenvalue weighted by atomic mass is 16.5. The average Bonchev–Trinajstić information content (AvgIpc) is 2.73. The lowest BCUT2D eigenvalue weighted by atomic mass is 10.0. The fourth-order valence-corrected chi connectivity index (χ4v) is 3.63. The summed E-state index contributed by atoms with van der Waals surface area (Å²) in [6.07, 6.45) is 0. The van der Waals surface area contributed by atoms with Crippen LogP contribution in [-0.4, -0.2) is 42.7 Å². The minimum Gasteiger partial charge on any atom is -0.507 e. The van der Waals surface area contributed by atoms with Gasteiger partial charge in [0.1, 0.15) is 11.5 Å². The highest BCUT2D eigenvalue weighted by Crippen LogP contribution is 2.29. The SMILES string of the molecule is COc1ccc(C2CNCCN2C(=O)c2ccc3cccc(O)c3c2)cc1. The first kappa shape index (κ1) is 17.4. The Kier molecular flexibility index (Phi) is 4.69. The summed E-state index contributed by atoms with van der Waals surface area (Å²) in [6.45, 7) is 2.10. The Morgan fingerprint density at radius 1 is 1.15 bits per heavy atom. The molecule has 1 fully saturated rings. The zero-order valence-corrected chi connectivity index (χ0v) is 15.2. The van der Waals surface area contributed by atoms with Gasteiger partial charge in [0, 0.05) is 30.6 Å². The molecule has 1 atom stereocenters. The van der Waals surface area contributed by atoms with Gasteiger partial charge in [0.05, 0.1) is 13.2 Å². The van der Waals surface area contributed by atoms with Gasteiger partial charge in [-0.15, -0.1) is 0 Å². The molecule has 3 aromatic carbocycles. The molecule has 1 unspecified atom stereocenters. The van der Waals surface area contributed by atoms with Crippen molar-refractivity contribution in [2.24, 2.45) is 0 Å². The van der Waals surface area contributed by atoms with Crippen LogP contribution in [0.1, 0.15) is 22.0 Å². The summed E-state index contributed by atoms with van der Waals surface area (Å²) >= 11 is 0. The summed E-state index contributed by atoms with van der Waals surface area (Å²) in [6, 6.07) is 18.7. The first-order valence-corrected chi connectivity index (χ1v) is 9.05. The highest BCUT2D eigenvalue weighted by molar-refractivity contribution is 6.00. The number of benzene rings is 3. The Hall–Kier alpha value is -3.05. The van der Waals surface area contributed by atoms with Gasteiger partial charge < -0.3 is 20.1 Å². The van der Waals surface area contributed by atoms with E-state index in [0.29, 0.717) is 24.0 Å². The minimum absolute atomic E-state index is 0.0255. The fourth-order valence-electron chi connectivity index (χ4n) is 3.63. The van der Waals surface area contributed by atoms with Crippen LogP contribution in [0.25, 0.3) is 10.8 Å². The zero-order valence-electron chi connectivity index (χ0n) is 15.2. The third-order valence-electron chi connectivity index (χ3n) is 5.11. The second kappa shape index (κ2) is 7.29. The van der Waals surface area contributed by atoms with Gasteiger partial charge in [0.2, 0.25) is 0 Å². The number of hydrogen-bond donors (Lipinski definition) is 2. The van der Waals surface area contributed by atoms with Crippen LogP contribution in [0.2, 0.25) is 0 Å². The zero-order chi connectivity index (χ0) is 18.8. The van der Waals surface area contributed by atoms with Crippen LogP contribution in [0.5, 0.6) is 11.5 Å².